The number of carbonyl (C=O) groups is 1. The van der Waals surface area contributed by atoms with Crippen molar-refractivity contribution in [1.29, 1.82) is 0 Å². The summed E-state index contributed by atoms with van der Waals surface area (Å²) in [6, 6.07) is 0. The molecule has 0 radical (unpaired) electrons. The molecule has 0 aromatic rings. The quantitative estimate of drug-likeness (QED) is 0.325. The van der Waals surface area contributed by atoms with Gasteiger partial charge in [0.1, 0.15) is 6.10 Å². The SMILES string of the molecule is CC(=O)O[C@H]1CC[C@]2(C)[C@H]3CC=C4[C@@H]5[C@@H](C)[C@H](C)CC[C@]5(CO)CC[C@@]4(C)[C@]3(C)CC[C@H]2C1(C)C. The van der Waals surface area contributed by atoms with Crippen molar-refractivity contribution in [1.82, 2.24) is 0 Å². The molecule has 0 aromatic heterocycles. The van der Waals surface area contributed by atoms with Crippen molar-refractivity contribution in [3.63, 3.8) is 0 Å². The number of carbonyl (C=O) groups excluding carboxylic acids is 1. The zero-order chi connectivity index (χ0) is 25.6. The van der Waals surface area contributed by atoms with E-state index in [-0.39, 0.29) is 39.1 Å². The predicted molar refractivity (Wildman–Crippen MR) is 142 cm³/mol. The summed E-state index contributed by atoms with van der Waals surface area (Å²) in [5, 5.41) is 10.7. The number of hydrogen-bond acceptors (Lipinski definition) is 3. The van der Waals surface area contributed by atoms with Crippen LogP contribution in [0.3, 0.4) is 0 Å². The summed E-state index contributed by atoms with van der Waals surface area (Å²) in [4.78, 5) is 11.9. The molecule has 5 rings (SSSR count). The molecule has 0 aromatic carbocycles. The van der Waals surface area contributed by atoms with E-state index >= 15 is 0 Å². The zero-order valence-electron chi connectivity index (χ0n) is 23.9. The molecule has 5 aliphatic rings. The molecule has 0 heterocycles. The Morgan fingerprint density at radius 2 is 1.69 bits per heavy atom. The monoisotopic (exact) mass is 484 g/mol. The third-order valence-electron chi connectivity index (χ3n) is 13.7. The van der Waals surface area contributed by atoms with Gasteiger partial charge in [-0.3, -0.25) is 4.79 Å². The van der Waals surface area contributed by atoms with Crippen molar-refractivity contribution < 1.29 is 14.6 Å². The van der Waals surface area contributed by atoms with Gasteiger partial charge in [-0.2, -0.15) is 0 Å². The molecule has 0 unspecified atom stereocenters. The molecule has 0 spiro atoms. The lowest BCUT2D eigenvalue weighted by atomic mass is 9.33. The highest BCUT2D eigenvalue weighted by atomic mass is 16.5. The molecule has 4 saturated carbocycles. The van der Waals surface area contributed by atoms with E-state index in [4.69, 9.17) is 4.74 Å². The highest BCUT2D eigenvalue weighted by Gasteiger charge is 2.68. The average Bonchev–Trinajstić information content (AvgIpc) is 2.78. The van der Waals surface area contributed by atoms with Crippen molar-refractivity contribution in [2.45, 2.75) is 119 Å². The lowest BCUT2D eigenvalue weighted by molar-refractivity contribution is -0.213. The fourth-order valence-electron chi connectivity index (χ4n) is 11.3. The first kappa shape index (κ1) is 25.8. The molecule has 4 fully saturated rings. The van der Waals surface area contributed by atoms with Gasteiger partial charge in [0.05, 0.1) is 0 Å². The summed E-state index contributed by atoms with van der Waals surface area (Å²) in [5.74, 6) is 3.03. The second-order valence-electron chi connectivity index (χ2n) is 15.1. The zero-order valence-corrected chi connectivity index (χ0v) is 23.9. The van der Waals surface area contributed by atoms with Crippen LogP contribution >= 0.6 is 0 Å². The maximum absolute atomic E-state index is 11.9. The van der Waals surface area contributed by atoms with Crippen molar-refractivity contribution >= 4 is 5.97 Å². The van der Waals surface area contributed by atoms with Gasteiger partial charge in [0.2, 0.25) is 0 Å². The first-order valence-electron chi connectivity index (χ1n) is 14.8. The molecule has 1 N–H and O–H groups in total. The van der Waals surface area contributed by atoms with Crippen LogP contribution in [0.5, 0.6) is 0 Å². The van der Waals surface area contributed by atoms with E-state index < -0.39 is 0 Å². The maximum Gasteiger partial charge on any atom is 0.302 e. The molecule has 198 valence electrons. The van der Waals surface area contributed by atoms with Gasteiger partial charge in [0.25, 0.3) is 0 Å². The molecule has 3 nitrogen and oxygen atoms in total. The van der Waals surface area contributed by atoms with Crippen LogP contribution < -0.4 is 0 Å². The van der Waals surface area contributed by atoms with Crippen molar-refractivity contribution in [3.05, 3.63) is 11.6 Å². The standard InChI is InChI=1S/C32H52O3/c1-20-11-16-32(19-33)18-17-30(7)23(27(32)21(20)2)9-10-25-29(6)14-13-26(35-22(3)34)28(4,5)24(29)12-15-31(25,30)8/h9,20-21,24-27,33H,10-19H2,1-8H3/t20-,21+,24+,25-,26+,27+,29+,30-,31-,32-/m1/s1. The van der Waals surface area contributed by atoms with Crippen molar-refractivity contribution in [2.24, 2.45) is 56.7 Å². The van der Waals surface area contributed by atoms with Gasteiger partial charge in [0.15, 0.2) is 0 Å². The Kier molecular flexibility index (Phi) is 5.96. The van der Waals surface area contributed by atoms with E-state index in [0.717, 1.165) is 18.8 Å². The molecule has 0 amide bonds. The Morgan fingerprint density at radius 3 is 2.34 bits per heavy atom. The molecule has 5 aliphatic carbocycles. The lowest BCUT2D eigenvalue weighted by Crippen LogP contribution is -2.65. The van der Waals surface area contributed by atoms with Gasteiger partial charge in [-0.1, -0.05) is 60.1 Å². The Hall–Kier alpha value is -0.830. The van der Waals surface area contributed by atoms with E-state index in [2.05, 4.69) is 54.5 Å². The normalized spacial score (nSPS) is 52.8. The Bertz CT molecular complexity index is 904. The molecule has 10 atom stereocenters. The first-order valence-corrected chi connectivity index (χ1v) is 14.8. The minimum atomic E-state index is -0.129. The van der Waals surface area contributed by atoms with E-state index in [9.17, 15) is 9.90 Å². The summed E-state index contributed by atoms with van der Waals surface area (Å²) in [6.45, 7) is 19.5. The third kappa shape index (κ3) is 3.28. The van der Waals surface area contributed by atoms with Crippen LogP contribution in [0.25, 0.3) is 0 Å². The fourth-order valence-corrected chi connectivity index (χ4v) is 11.3. The fraction of sp³-hybridized carbons (Fsp3) is 0.906. The number of esters is 1. The van der Waals surface area contributed by atoms with E-state index in [1.54, 1.807) is 12.5 Å². The van der Waals surface area contributed by atoms with E-state index in [1.807, 2.05) is 0 Å². The molecule has 35 heavy (non-hydrogen) atoms. The topological polar surface area (TPSA) is 46.5 Å². The smallest absolute Gasteiger partial charge is 0.302 e. The van der Waals surface area contributed by atoms with Crippen LogP contribution in [0.2, 0.25) is 0 Å². The predicted octanol–water partition coefficient (Wildman–Crippen LogP) is 7.57. The van der Waals surface area contributed by atoms with Crippen molar-refractivity contribution in [3.8, 4) is 0 Å². The Labute approximate surface area is 214 Å². The summed E-state index contributed by atoms with van der Waals surface area (Å²) >= 11 is 0. The van der Waals surface area contributed by atoms with Crippen LogP contribution in [-0.2, 0) is 9.53 Å². The largest absolute Gasteiger partial charge is 0.462 e. The maximum atomic E-state index is 11.9. The van der Waals surface area contributed by atoms with Gasteiger partial charge in [-0.25, -0.2) is 0 Å². The summed E-state index contributed by atoms with van der Waals surface area (Å²) in [6.07, 6.45) is 13.4. The van der Waals surface area contributed by atoms with Gasteiger partial charge in [-0.15, -0.1) is 0 Å². The molecule has 0 aliphatic heterocycles. The molecular weight excluding hydrogens is 432 g/mol. The molecular formula is C32H52O3. The number of rotatable bonds is 2. The van der Waals surface area contributed by atoms with Crippen LogP contribution in [0, 0.1) is 56.7 Å². The van der Waals surface area contributed by atoms with Gasteiger partial charge < -0.3 is 9.84 Å². The third-order valence-corrected chi connectivity index (χ3v) is 13.7. The van der Waals surface area contributed by atoms with Gasteiger partial charge in [0, 0.05) is 24.4 Å². The van der Waals surface area contributed by atoms with Crippen LogP contribution in [-0.4, -0.2) is 23.8 Å². The second kappa shape index (κ2) is 8.08. The highest BCUT2D eigenvalue weighted by molar-refractivity contribution is 5.66. The van der Waals surface area contributed by atoms with Gasteiger partial charge in [-0.05, 0) is 104 Å². The number of aliphatic hydroxyl groups excluding tert-OH is 1. The summed E-state index contributed by atoms with van der Waals surface area (Å²) in [7, 11) is 0. The Morgan fingerprint density at radius 1 is 0.971 bits per heavy atom. The van der Waals surface area contributed by atoms with Gasteiger partial charge >= 0.3 is 5.97 Å². The lowest BCUT2D eigenvalue weighted by Gasteiger charge is -2.71. The van der Waals surface area contributed by atoms with Crippen molar-refractivity contribution in [2.75, 3.05) is 6.61 Å². The minimum absolute atomic E-state index is 0.0107. The summed E-state index contributed by atoms with van der Waals surface area (Å²) in [5.41, 5.74) is 2.62. The first-order chi connectivity index (χ1) is 16.3. The molecule has 0 saturated heterocycles. The number of fused-ring (bicyclic) bond motifs is 7. The van der Waals surface area contributed by atoms with Crippen LogP contribution in [0.15, 0.2) is 11.6 Å². The number of aliphatic hydroxyl groups is 1. The molecule has 3 heteroatoms. The average molecular weight is 485 g/mol. The van der Waals surface area contributed by atoms with E-state index in [0.29, 0.717) is 30.3 Å². The number of hydrogen-bond donors (Lipinski definition) is 1. The summed E-state index contributed by atoms with van der Waals surface area (Å²) < 4.78 is 5.90. The minimum Gasteiger partial charge on any atom is -0.462 e. The van der Waals surface area contributed by atoms with Crippen LogP contribution in [0.4, 0.5) is 0 Å². The Balaban J connectivity index is 1.55. The number of allylic oxidation sites excluding steroid dienone is 2. The van der Waals surface area contributed by atoms with Crippen LogP contribution in [0.1, 0.15) is 113 Å². The highest BCUT2D eigenvalue weighted by Crippen LogP contribution is 2.75. The number of ether oxygens (including phenoxy) is 1. The molecule has 0 bridgehead atoms. The van der Waals surface area contributed by atoms with E-state index in [1.165, 1.54) is 44.9 Å². The second-order valence-corrected chi connectivity index (χ2v) is 15.1.